The maximum Gasteiger partial charge on any atom is 0.231 e. The Kier molecular flexibility index (Phi) is 3.83. The number of benzene rings is 2. The molecule has 3 nitrogen and oxygen atoms in total. The van der Waals surface area contributed by atoms with Crippen LogP contribution < -0.4 is 14.8 Å². The van der Waals surface area contributed by atoms with E-state index in [0.29, 0.717) is 13.2 Å². The summed E-state index contributed by atoms with van der Waals surface area (Å²) >= 11 is 0. The van der Waals surface area contributed by atoms with Crippen LogP contribution >= 0.6 is 0 Å². The zero-order valence-corrected chi connectivity index (χ0v) is 11.1. The molecule has 4 heteroatoms. The second-order valence-corrected chi connectivity index (χ2v) is 4.71. The van der Waals surface area contributed by atoms with Crippen molar-refractivity contribution in [3.63, 3.8) is 0 Å². The van der Waals surface area contributed by atoms with Crippen LogP contribution in [0, 0.1) is 5.82 Å². The monoisotopic (exact) mass is 273 g/mol. The van der Waals surface area contributed by atoms with E-state index in [2.05, 4.69) is 5.32 Å². The number of fused-ring (bicyclic) bond motifs is 1. The van der Waals surface area contributed by atoms with Crippen molar-refractivity contribution in [3.05, 3.63) is 59.4 Å². The first-order valence-corrected chi connectivity index (χ1v) is 6.65. The summed E-state index contributed by atoms with van der Waals surface area (Å²) in [4.78, 5) is 0. The Morgan fingerprint density at radius 2 is 1.90 bits per heavy atom. The van der Waals surface area contributed by atoms with Gasteiger partial charge in [-0.3, -0.25) is 0 Å². The number of hydrogen-bond donors (Lipinski definition) is 1. The highest BCUT2D eigenvalue weighted by molar-refractivity contribution is 5.44. The second-order valence-electron chi connectivity index (χ2n) is 4.71. The molecule has 0 aromatic heterocycles. The molecule has 2 aromatic rings. The fourth-order valence-electron chi connectivity index (χ4n) is 2.21. The Labute approximate surface area is 117 Å². The molecule has 0 bridgehead atoms. The zero-order chi connectivity index (χ0) is 13.8. The fourth-order valence-corrected chi connectivity index (χ4v) is 2.21. The highest BCUT2D eigenvalue weighted by Gasteiger charge is 2.12. The second kappa shape index (κ2) is 5.92. The first kappa shape index (κ1) is 12.9. The SMILES string of the molecule is Fc1ccccc1CCNCc1ccc2c(c1)OCO2. The van der Waals surface area contributed by atoms with Crippen LogP contribution in [-0.2, 0) is 13.0 Å². The lowest BCUT2D eigenvalue weighted by molar-refractivity contribution is 0.174. The third kappa shape index (κ3) is 2.91. The van der Waals surface area contributed by atoms with Gasteiger partial charge in [-0.1, -0.05) is 24.3 Å². The molecule has 1 N–H and O–H groups in total. The maximum atomic E-state index is 13.4. The maximum absolute atomic E-state index is 13.4. The minimum Gasteiger partial charge on any atom is -0.454 e. The molecule has 1 aliphatic heterocycles. The van der Waals surface area contributed by atoms with Crippen LogP contribution in [0.1, 0.15) is 11.1 Å². The van der Waals surface area contributed by atoms with Crippen LogP contribution in [0.4, 0.5) is 4.39 Å². The Morgan fingerprint density at radius 3 is 2.80 bits per heavy atom. The first-order valence-electron chi connectivity index (χ1n) is 6.65. The molecule has 104 valence electrons. The van der Waals surface area contributed by atoms with E-state index in [-0.39, 0.29) is 5.82 Å². The third-order valence-electron chi connectivity index (χ3n) is 3.30. The normalized spacial score (nSPS) is 12.7. The highest BCUT2D eigenvalue weighted by atomic mass is 19.1. The van der Waals surface area contributed by atoms with Gasteiger partial charge in [0.05, 0.1) is 0 Å². The van der Waals surface area contributed by atoms with Crippen molar-refractivity contribution in [1.29, 1.82) is 0 Å². The summed E-state index contributed by atoms with van der Waals surface area (Å²) in [5.41, 5.74) is 1.87. The molecule has 0 saturated heterocycles. The van der Waals surface area contributed by atoms with Crippen molar-refractivity contribution in [1.82, 2.24) is 5.32 Å². The third-order valence-corrected chi connectivity index (χ3v) is 3.30. The minimum absolute atomic E-state index is 0.141. The van der Waals surface area contributed by atoms with E-state index in [1.807, 2.05) is 30.3 Å². The van der Waals surface area contributed by atoms with Gasteiger partial charge >= 0.3 is 0 Å². The van der Waals surface area contributed by atoms with Gasteiger partial charge in [-0.25, -0.2) is 4.39 Å². The van der Waals surface area contributed by atoms with Crippen molar-refractivity contribution >= 4 is 0 Å². The minimum atomic E-state index is -0.141. The van der Waals surface area contributed by atoms with Gasteiger partial charge < -0.3 is 14.8 Å². The molecule has 0 spiro atoms. The highest BCUT2D eigenvalue weighted by Crippen LogP contribution is 2.32. The van der Waals surface area contributed by atoms with Gasteiger partial charge in [0.1, 0.15) is 5.82 Å². The fraction of sp³-hybridized carbons (Fsp3) is 0.250. The van der Waals surface area contributed by atoms with Gasteiger partial charge in [-0.05, 0) is 42.3 Å². The van der Waals surface area contributed by atoms with Gasteiger partial charge in [0, 0.05) is 6.54 Å². The average molecular weight is 273 g/mol. The predicted molar refractivity (Wildman–Crippen MR) is 74.4 cm³/mol. The molecule has 3 rings (SSSR count). The van der Waals surface area contributed by atoms with Crippen LogP contribution in [0.25, 0.3) is 0 Å². The molecule has 0 aliphatic carbocycles. The molecule has 1 heterocycles. The number of nitrogens with one attached hydrogen (secondary N) is 1. The quantitative estimate of drug-likeness (QED) is 0.850. The summed E-state index contributed by atoms with van der Waals surface area (Å²) in [5.74, 6) is 1.44. The first-order chi connectivity index (χ1) is 9.83. The molecule has 1 aliphatic rings. The molecule has 0 amide bonds. The van der Waals surface area contributed by atoms with E-state index in [1.165, 1.54) is 6.07 Å². The Hall–Kier alpha value is -2.07. The van der Waals surface area contributed by atoms with E-state index in [0.717, 1.165) is 35.7 Å². The summed E-state index contributed by atoms with van der Waals surface area (Å²) in [6.07, 6.45) is 0.678. The molecule has 2 aromatic carbocycles. The standard InChI is InChI=1S/C16H16FNO2/c17-14-4-2-1-3-13(14)7-8-18-10-12-5-6-15-16(9-12)20-11-19-15/h1-6,9,18H,7-8,10-11H2. The summed E-state index contributed by atoms with van der Waals surface area (Å²) in [7, 11) is 0. The lowest BCUT2D eigenvalue weighted by Crippen LogP contribution is -2.17. The van der Waals surface area contributed by atoms with Gasteiger partial charge in [0.25, 0.3) is 0 Å². The van der Waals surface area contributed by atoms with E-state index in [4.69, 9.17) is 9.47 Å². The Bertz CT molecular complexity index is 601. The van der Waals surface area contributed by atoms with Crippen molar-refractivity contribution in [3.8, 4) is 11.5 Å². The molecule has 0 radical (unpaired) electrons. The number of hydrogen-bond acceptors (Lipinski definition) is 3. The molecule has 20 heavy (non-hydrogen) atoms. The Morgan fingerprint density at radius 1 is 1.05 bits per heavy atom. The summed E-state index contributed by atoms with van der Waals surface area (Å²) < 4.78 is 24.0. The summed E-state index contributed by atoms with van der Waals surface area (Å²) in [6, 6.07) is 12.8. The molecule has 0 unspecified atom stereocenters. The molecule has 0 saturated carbocycles. The number of halogens is 1. The van der Waals surface area contributed by atoms with Crippen LogP contribution in [0.5, 0.6) is 11.5 Å². The molecular formula is C16H16FNO2. The topological polar surface area (TPSA) is 30.5 Å². The van der Waals surface area contributed by atoms with Gasteiger partial charge in [-0.2, -0.15) is 0 Å². The zero-order valence-electron chi connectivity index (χ0n) is 11.1. The molecule has 0 atom stereocenters. The molecular weight excluding hydrogens is 257 g/mol. The average Bonchev–Trinajstić information content (AvgIpc) is 2.93. The van der Waals surface area contributed by atoms with E-state index in [1.54, 1.807) is 6.07 Å². The van der Waals surface area contributed by atoms with Crippen LogP contribution in [0.2, 0.25) is 0 Å². The van der Waals surface area contributed by atoms with Gasteiger partial charge in [-0.15, -0.1) is 0 Å². The van der Waals surface area contributed by atoms with Gasteiger partial charge in [0.15, 0.2) is 11.5 Å². The van der Waals surface area contributed by atoms with Crippen LogP contribution in [0.3, 0.4) is 0 Å². The summed E-state index contributed by atoms with van der Waals surface area (Å²) in [5, 5.41) is 3.31. The van der Waals surface area contributed by atoms with E-state index in [9.17, 15) is 4.39 Å². The van der Waals surface area contributed by atoms with Gasteiger partial charge in [0.2, 0.25) is 6.79 Å². The number of ether oxygens (including phenoxy) is 2. The largest absolute Gasteiger partial charge is 0.454 e. The lowest BCUT2D eigenvalue weighted by atomic mass is 10.1. The number of rotatable bonds is 5. The van der Waals surface area contributed by atoms with E-state index < -0.39 is 0 Å². The van der Waals surface area contributed by atoms with Crippen molar-refractivity contribution in [2.45, 2.75) is 13.0 Å². The predicted octanol–water partition coefficient (Wildman–Crippen LogP) is 2.89. The van der Waals surface area contributed by atoms with Crippen molar-refractivity contribution in [2.75, 3.05) is 13.3 Å². The van der Waals surface area contributed by atoms with Crippen LogP contribution in [-0.4, -0.2) is 13.3 Å². The molecule has 0 fully saturated rings. The van der Waals surface area contributed by atoms with Crippen molar-refractivity contribution in [2.24, 2.45) is 0 Å². The van der Waals surface area contributed by atoms with E-state index >= 15 is 0 Å². The lowest BCUT2D eigenvalue weighted by Gasteiger charge is -2.06. The smallest absolute Gasteiger partial charge is 0.231 e. The Balaban J connectivity index is 1.49. The van der Waals surface area contributed by atoms with Crippen molar-refractivity contribution < 1.29 is 13.9 Å². The van der Waals surface area contributed by atoms with Crippen LogP contribution in [0.15, 0.2) is 42.5 Å². The summed E-state index contributed by atoms with van der Waals surface area (Å²) in [6.45, 7) is 1.75.